The van der Waals surface area contributed by atoms with Crippen molar-refractivity contribution in [3.05, 3.63) is 59.2 Å². The molecular weight excluding hydrogens is 228 g/mol. The van der Waals surface area contributed by atoms with E-state index < -0.39 is 6.10 Å². The second kappa shape index (κ2) is 5.10. The van der Waals surface area contributed by atoms with Crippen LogP contribution in [0.5, 0.6) is 11.5 Å². The first-order valence-electron chi connectivity index (χ1n) is 5.73. The largest absolute Gasteiger partial charge is 0.508 e. The molecule has 0 heterocycles. The minimum Gasteiger partial charge on any atom is -0.508 e. The second-order valence-corrected chi connectivity index (χ2v) is 4.24. The topological polar surface area (TPSA) is 49.7 Å². The average molecular weight is 244 g/mol. The summed E-state index contributed by atoms with van der Waals surface area (Å²) in [4.78, 5) is 0. The molecule has 0 aliphatic heterocycles. The maximum absolute atomic E-state index is 10.3. The molecule has 0 aromatic heterocycles. The Morgan fingerprint density at radius 3 is 2.33 bits per heavy atom. The number of phenols is 1. The number of benzene rings is 2. The van der Waals surface area contributed by atoms with Crippen molar-refractivity contribution < 1.29 is 14.9 Å². The van der Waals surface area contributed by atoms with Gasteiger partial charge in [0.15, 0.2) is 0 Å². The molecule has 2 aromatic carbocycles. The second-order valence-electron chi connectivity index (χ2n) is 4.24. The van der Waals surface area contributed by atoms with E-state index >= 15 is 0 Å². The van der Waals surface area contributed by atoms with E-state index in [4.69, 9.17) is 4.74 Å². The Morgan fingerprint density at radius 1 is 1.06 bits per heavy atom. The van der Waals surface area contributed by atoms with E-state index in [2.05, 4.69) is 0 Å². The van der Waals surface area contributed by atoms with Gasteiger partial charge in [-0.05, 0) is 36.2 Å². The van der Waals surface area contributed by atoms with E-state index in [0.29, 0.717) is 11.3 Å². The number of ether oxygens (including phenoxy) is 1. The van der Waals surface area contributed by atoms with Crippen LogP contribution in [0.15, 0.2) is 42.5 Å². The first-order chi connectivity index (χ1) is 8.61. The van der Waals surface area contributed by atoms with E-state index in [9.17, 15) is 10.2 Å². The van der Waals surface area contributed by atoms with Gasteiger partial charge in [0.25, 0.3) is 0 Å². The van der Waals surface area contributed by atoms with Crippen LogP contribution in [0.25, 0.3) is 0 Å². The molecule has 0 aliphatic carbocycles. The predicted molar refractivity (Wildman–Crippen MR) is 69.9 cm³/mol. The van der Waals surface area contributed by atoms with Crippen LogP contribution in [-0.4, -0.2) is 17.3 Å². The smallest absolute Gasteiger partial charge is 0.125 e. The van der Waals surface area contributed by atoms with Crippen molar-refractivity contribution in [2.75, 3.05) is 7.11 Å². The molecule has 94 valence electrons. The molecule has 0 aliphatic rings. The number of aryl methyl sites for hydroxylation is 1. The molecule has 1 unspecified atom stereocenters. The van der Waals surface area contributed by atoms with Crippen molar-refractivity contribution >= 4 is 0 Å². The molecule has 0 saturated heterocycles. The summed E-state index contributed by atoms with van der Waals surface area (Å²) in [5.41, 5.74) is 2.51. The van der Waals surface area contributed by atoms with Crippen molar-refractivity contribution in [2.24, 2.45) is 0 Å². The van der Waals surface area contributed by atoms with E-state index in [1.54, 1.807) is 31.4 Å². The lowest BCUT2D eigenvalue weighted by Crippen LogP contribution is -2.02. The van der Waals surface area contributed by atoms with Crippen LogP contribution in [0.1, 0.15) is 22.8 Å². The van der Waals surface area contributed by atoms with Gasteiger partial charge in [-0.3, -0.25) is 0 Å². The number of hydrogen-bond donors (Lipinski definition) is 2. The minimum atomic E-state index is -0.763. The summed E-state index contributed by atoms with van der Waals surface area (Å²) in [7, 11) is 1.59. The third kappa shape index (κ3) is 2.46. The lowest BCUT2D eigenvalue weighted by Gasteiger charge is -2.15. The van der Waals surface area contributed by atoms with Crippen LogP contribution in [0.3, 0.4) is 0 Å². The zero-order valence-corrected chi connectivity index (χ0v) is 10.4. The molecule has 0 bridgehead atoms. The van der Waals surface area contributed by atoms with Gasteiger partial charge in [0.1, 0.15) is 17.6 Å². The Balaban J connectivity index is 2.39. The first kappa shape index (κ1) is 12.5. The van der Waals surface area contributed by atoms with Gasteiger partial charge in [-0.2, -0.15) is 0 Å². The Bertz CT molecular complexity index is 532. The van der Waals surface area contributed by atoms with Gasteiger partial charge in [-0.15, -0.1) is 0 Å². The van der Waals surface area contributed by atoms with Crippen LogP contribution >= 0.6 is 0 Å². The Labute approximate surface area is 106 Å². The van der Waals surface area contributed by atoms with Gasteiger partial charge in [0.05, 0.1) is 7.11 Å². The van der Waals surface area contributed by atoms with Crippen molar-refractivity contribution in [1.82, 2.24) is 0 Å². The predicted octanol–water partition coefficient (Wildman–Crippen LogP) is 2.79. The Morgan fingerprint density at radius 2 is 1.72 bits per heavy atom. The molecule has 3 heteroatoms. The zero-order chi connectivity index (χ0) is 13.1. The zero-order valence-electron chi connectivity index (χ0n) is 10.4. The van der Waals surface area contributed by atoms with Gasteiger partial charge in [-0.1, -0.05) is 24.3 Å². The van der Waals surface area contributed by atoms with Crippen molar-refractivity contribution in [3.8, 4) is 11.5 Å². The molecule has 2 rings (SSSR count). The van der Waals surface area contributed by atoms with Gasteiger partial charge in [0, 0.05) is 5.56 Å². The number of aromatic hydroxyl groups is 1. The summed E-state index contributed by atoms with van der Waals surface area (Å²) in [6, 6.07) is 12.2. The van der Waals surface area contributed by atoms with Crippen LogP contribution in [0.2, 0.25) is 0 Å². The summed E-state index contributed by atoms with van der Waals surface area (Å²) in [5, 5.41) is 19.6. The molecule has 0 spiro atoms. The van der Waals surface area contributed by atoms with E-state index in [1.807, 2.05) is 25.1 Å². The molecular formula is C15H16O3. The fourth-order valence-electron chi connectivity index (χ4n) is 1.88. The SMILES string of the molecule is COc1cc(C)ccc1C(O)c1ccc(O)cc1. The molecule has 0 amide bonds. The van der Waals surface area contributed by atoms with Crippen LogP contribution in [0.4, 0.5) is 0 Å². The summed E-state index contributed by atoms with van der Waals surface area (Å²) >= 11 is 0. The lowest BCUT2D eigenvalue weighted by atomic mass is 9.99. The summed E-state index contributed by atoms with van der Waals surface area (Å²) < 4.78 is 5.28. The standard InChI is InChI=1S/C15H16O3/c1-10-3-8-13(14(9-10)18-2)15(17)11-4-6-12(16)7-5-11/h3-9,15-17H,1-2H3. The number of aliphatic hydroxyl groups excluding tert-OH is 1. The van der Waals surface area contributed by atoms with Gasteiger partial charge in [0.2, 0.25) is 0 Å². The van der Waals surface area contributed by atoms with Gasteiger partial charge in [-0.25, -0.2) is 0 Å². The van der Waals surface area contributed by atoms with E-state index in [1.165, 1.54) is 0 Å². The molecule has 2 aromatic rings. The molecule has 1 atom stereocenters. The third-order valence-corrected chi connectivity index (χ3v) is 2.89. The molecule has 0 fully saturated rings. The fourth-order valence-corrected chi connectivity index (χ4v) is 1.88. The monoisotopic (exact) mass is 244 g/mol. The summed E-state index contributed by atoms with van der Waals surface area (Å²) in [6.45, 7) is 1.97. The van der Waals surface area contributed by atoms with E-state index in [0.717, 1.165) is 11.1 Å². The highest BCUT2D eigenvalue weighted by molar-refractivity contribution is 5.43. The normalized spacial score (nSPS) is 12.2. The highest BCUT2D eigenvalue weighted by atomic mass is 16.5. The number of methoxy groups -OCH3 is 1. The van der Waals surface area contributed by atoms with Crippen molar-refractivity contribution in [2.45, 2.75) is 13.0 Å². The third-order valence-electron chi connectivity index (χ3n) is 2.89. The maximum Gasteiger partial charge on any atom is 0.125 e. The molecule has 2 N–H and O–H groups in total. The quantitative estimate of drug-likeness (QED) is 0.872. The summed E-state index contributed by atoms with van der Waals surface area (Å²) in [5.74, 6) is 0.845. The highest BCUT2D eigenvalue weighted by Gasteiger charge is 2.15. The number of hydrogen-bond acceptors (Lipinski definition) is 3. The fraction of sp³-hybridized carbons (Fsp3) is 0.200. The van der Waals surface area contributed by atoms with Crippen molar-refractivity contribution in [3.63, 3.8) is 0 Å². The maximum atomic E-state index is 10.3. The Kier molecular flexibility index (Phi) is 3.53. The van der Waals surface area contributed by atoms with Gasteiger partial charge < -0.3 is 14.9 Å². The number of phenolic OH excluding ortho intramolecular Hbond substituents is 1. The summed E-state index contributed by atoms with van der Waals surface area (Å²) in [6.07, 6.45) is -0.763. The molecule has 0 saturated carbocycles. The molecule has 3 nitrogen and oxygen atoms in total. The highest BCUT2D eigenvalue weighted by Crippen LogP contribution is 2.31. The van der Waals surface area contributed by atoms with E-state index in [-0.39, 0.29) is 5.75 Å². The minimum absolute atomic E-state index is 0.182. The first-order valence-corrected chi connectivity index (χ1v) is 5.73. The van der Waals surface area contributed by atoms with Crippen LogP contribution in [-0.2, 0) is 0 Å². The van der Waals surface area contributed by atoms with Crippen molar-refractivity contribution in [1.29, 1.82) is 0 Å². The molecule has 0 radical (unpaired) electrons. The van der Waals surface area contributed by atoms with Crippen LogP contribution < -0.4 is 4.74 Å². The van der Waals surface area contributed by atoms with Crippen LogP contribution in [0, 0.1) is 6.92 Å². The van der Waals surface area contributed by atoms with Gasteiger partial charge >= 0.3 is 0 Å². The number of rotatable bonds is 3. The molecule has 18 heavy (non-hydrogen) atoms. The number of aliphatic hydroxyl groups is 1. The average Bonchev–Trinajstić information content (AvgIpc) is 2.38. The lowest BCUT2D eigenvalue weighted by molar-refractivity contribution is 0.214. The Hall–Kier alpha value is -2.00.